The van der Waals surface area contributed by atoms with Crippen LogP contribution >= 0.6 is 0 Å². The van der Waals surface area contributed by atoms with E-state index in [0.29, 0.717) is 0 Å². The van der Waals surface area contributed by atoms with Gasteiger partial charge in [-0.05, 0) is 24.3 Å². The lowest BCUT2D eigenvalue weighted by Gasteiger charge is -2.11. The van der Waals surface area contributed by atoms with Crippen LogP contribution in [0.1, 0.15) is 21.6 Å². The number of halogens is 6. The van der Waals surface area contributed by atoms with Crippen molar-refractivity contribution in [2.75, 3.05) is 0 Å². The first-order valence-corrected chi connectivity index (χ1v) is 8.75. The molecule has 0 aliphatic carbocycles. The van der Waals surface area contributed by atoms with Crippen LogP contribution in [0.25, 0.3) is 0 Å². The highest BCUT2D eigenvalue weighted by molar-refractivity contribution is 7.66. The average molecular weight is 428 g/mol. The standard InChI is InChI=1S/C16H10F6O3S2/c17-15(18,19)13(26-23)9-3-1-5-11(7-9)25-12-6-2-4-10(8-12)14(27-24)16(20,21)22/h1-8,13-14H/q+2. The van der Waals surface area contributed by atoms with E-state index in [2.05, 4.69) is 0 Å². The molecule has 2 unspecified atom stereocenters. The predicted molar refractivity (Wildman–Crippen MR) is 86.7 cm³/mol. The van der Waals surface area contributed by atoms with Crippen molar-refractivity contribution in [3.63, 3.8) is 0 Å². The molecule has 0 fully saturated rings. The summed E-state index contributed by atoms with van der Waals surface area (Å²) < 4.78 is 104. The normalized spacial score (nSPS) is 14.3. The van der Waals surface area contributed by atoms with Gasteiger partial charge in [-0.2, -0.15) is 26.3 Å². The third-order valence-corrected chi connectivity index (χ3v) is 4.81. The van der Waals surface area contributed by atoms with Gasteiger partial charge >= 0.3 is 46.2 Å². The van der Waals surface area contributed by atoms with Crippen molar-refractivity contribution < 1.29 is 39.5 Å². The quantitative estimate of drug-likeness (QED) is 0.448. The molecule has 0 radical (unpaired) electrons. The lowest BCUT2D eigenvalue weighted by Crippen LogP contribution is -2.19. The second kappa shape index (κ2) is 8.26. The van der Waals surface area contributed by atoms with Gasteiger partial charge in [0.1, 0.15) is 11.5 Å². The number of hydrogen-bond donors (Lipinski definition) is 0. The molecule has 27 heavy (non-hydrogen) atoms. The fourth-order valence-corrected chi connectivity index (χ4v) is 2.95. The van der Waals surface area contributed by atoms with E-state index in [1.165, 1.54) is 24.3 Å². The molecular formula is C16H10F6O3S2+2. The van der Waals surface area contributed by atoms with Gasteiger partial charge in [0.15, 0.2) is 0 Å². The molecule has 0 heterocycles. The van der Waals surface area contributed by atoms with Gasteiger partial charge in [-0.25, -0.2) is 0 Å². The highest BCUT2D eigenvalue weighted by atomic mass is 32.1. The Labute approximate surface area is 157 Å². The van der Waals surface area contributed by atoms with Gasteiger partial charge in [0, 0.05) is 19.5 Å². The van der Waals surface area contributed by atoms with Gasteiger partial charge in [0.25, 0.3) is 0 Å². The summed E-state index contributed by atoms with van der Waals surface area (Å²) in [6, 6.07) is 9.22. The van der Waals surface area contributed by atoms with Gasteiger partial charge in [0.05, 0.1) is 0 Å². The van der Waals surface area contributed by atoms with E-state index in [4.69, 9.17) is 4.74 Å². The second-order valence-electron chi connectivity index (χ2n) is 5.28. The molecular weight excluding hydrogens is 418 g/mol. The Morgan fingerprint density at radius 1 is 0.704 bits per heavy atom. The summed E-state index contributed by atoms with van der Waals surface area (Å²) in [6.07, 6.45) is -9.54. The highest BCUT2D eigenvalue weighted by Gasteiger charge is 2.53. The van der Waals surface area contributed by atoms with Gasteiger partial charge in [-0.15, -0.1) is 0 Å². The molecule has 11 heteroatoms. The number of rotatable bonds is 6. The Bertz CT molecular complexity index is 755. The van der Waals surface area contributed by atoms with Gasteiger partial charge in [0.2, 0.25) is 0 Å². The van der Waals surface area contributed by atoms with Crippen LogP contribution in [0.3, 0.4) is 0 Å². The maximum atomic E-state index is 12.9. The molecule has 2 rings (SSSR count). The summed E-state index contributed by atoms with van der Waals surface area (Å²) in [4.78, 5) is 0. The molecule has 0 aliphatic heterocycles. The number of hydrogen-bond acceptors (Lipinski definition) is 3. The minimum atomic E-state index is -4.77. The number of alkyl halides is 6. The Morgan fingerprint density at radius 3 is 1.37 bits per heavy atom. The fraction of sp³-hybridized carbons (Fsp3) is 0.250. The van der Waals surface area contributed by atoms with Gasteiger partial charge in [-0.1, -0.05) is 24.3 Å². The molecule has 3 nitrogen and oxygen atoms in total. The number of ether oxygens (including phenoxy) is 1. The van der Waals surface area contributed by atoms with Crippen LogP contribution < -0.4 is 4.74 Å². The van der Waals surface area contributed by atoms with Crippen LogP contribution in [0, 0.1) is 0 Å². The summed E-state index contributed by atoms with van der Waals surface area (Å²) in [5.41, 5.74) is -0.695. The van der Waals surface area contributed by atoms with Crippen LogP contribution in [0.2, 0.25) is 0 Å². The van der Waals surface area contributed by atoms with E-state index >= 15 is 0 Å². The first-order valence-electron chi connectivity index (χ1n) is 7.14. The molecule has 0 bridgehead atoms. The lowest BCUT2D eigenvalue weighted by atomic mass is 10.1. The first-order chi connectivity index (χ1) is 12.6. The molecule has 0 aromatic heterocycles. The Morgan fingerprint density at radius 2 is 1.07 bits per heavy atom. The molecule has 0 spiro atoms. The summed E-state index contributed by atoms with van der Waals surface area (Å²) in [7, 11) is 0. The minimum absolute atomic E-state index is 0.0914. The SMILES string of the molecule is O=[S+]C(c1cccc(Oc2cccc(C([S+]=O)C(F)(F)F)c2)c1)C(F)(F)F. The molecule has 2 aromatic rings. The van der Waals surface area contributed by atoms with Crippen molar-refractivity contribution in [3.8, 4) is 11.5 Å². The summed E-state index contributed by atoms with van der Waals surface area (Å²) in [6.45, 7) is 0. The third kappa shape index (κ3) is 5.42. The zero-order valence-corrected chi connectivity index (χ0v) is 14.7. The molecule has 144 valence electrons. The predicted octanol–water partition coefficient (Wildman–Crippen LogP) is 5.54. The van der Waals surface area contributed by atoms with E-state index < -0.39 is 46.2 Å². The Kier molecular flexibility index (Phi) is 6.47. The van der Waals surface area contributed by atoms with Crippen LogP contribution in [0.4, 0.5) is 26.3 Å². The topological polar surface area (TPSA) is 43.4 Å². The summed E-state index contributed by atoms with van der Waals surface area (Å²) in [5.74, 6) is -0.183. The van der Waals surface area contributed by atoms with E-state index in [9.17, 15) is 34.8 Å². The minimum Gasteiger partial charge on any atom is -0.457 e. The molecule has 0 saturated carbocycles. The van der Waals surface area contributed by atoms with E-state index in [1.807, 2.05) is 0 Å². The van der Waals surface area contributed by atoms with Crippen LogP contribution in [0.5, 0.6) is 11.5 Å². The highest BCUT2D eigenvalue weighted by Crippen LogP contribution is 2.38. The van der Waals surface area contributed by atoms with E-state index in [1.54, 1.807) is 0 Å². The monoisotopic (exact) mass is 428 g/mol. The molecule has 2 atom stereocenters. The maximum absolute atomic E-state index is 12.9. The van der Waals surface area contributed by atoms with E-state index in [0.717, 1.165) is 24.3 Å². The Balaban J connectivity index is 2.31. The summed E-state index contributed by atoms with van der Waals surface area (Å²) >= 11 is -1.27. The van der Waals surface area contributed by atoms with Crippen LogP contribution in [0.15, 0.2) is 48.5 Å². The molecule has 2 aromatic carbocycles. The lowest BCUT2D eigenvalue weighted by molar-refractivity contribution is -0.131. The Hall–Kier alpha value is -2.14. The average Bonchev–Trinajstić information content (AvgIpc) is 2.54. The van der Waals surface area contributed by atoms with E-state index in [-0.39, 0.29) is 22.6 Å². The van der Waals surface area contributed by atoms with Crippen LogP contribution in [-0.4, -0.2) is 12.4 Å². The smallest absolute Gasteiger partial charge is 0.457 e. The molecule has 0 N–H and O–H groups in total. The first kappa shape index (κ1) is 21.2. The van der Waals surface area contributed by atoms with Crippen molar-refractivity contribution in [2.24, 2.45) is 0 Å². The maximum Gasteiger partial charge on any atom is 0.477 e. The fourth-order valence-electron chi connectivity index (χ4n) is 2.22. The van der Waals surface area contributed by atoms with Gasteiger partial charge in [-0.3, -0.25) is 0 Å². The van der Waals surface area contributed by atoms with Crippen molar-refractivity contribution in [2.45, 2.75) is 22.9 Å². The number of benzene rings is 2. The zero-order chi connectivity index (χ0) is 20.2. The largest absolute Gasteiger partial charge is 0.477 e. The summed E-state index contributed by atoms with van der Waals surface area (Å²) in [5, 5.41) is -4.61. The molecule has 0 aliphatic rings. The molecule has 0 saturated heterocycles. The second-order valence-corrected chi connectivity index (χ2v) is 6.61. The van der Waals surface area contributed by atoms with Crippen molar-refractivity contribution in [3.05, 3.63) is 59.7 Å². The third-order valence-electron chi connectivity index (χ3n) is 3.34. The van der Waals surface area contributed by atoms with Gasteiger partial charge < -0.3 is 4.74 Å². The van der Waals surface area contributed by atoms with Crippen LogP contribution in [-0.2, 0) is 31.8 Å². The molecule has 0 amide bonds. The van der Waals surface area contributed by atoms with Crippen molar-refractivity contribution in [1.29, 1.82) is 0 Å². The van der Waals surface area contributed by atoms with Crippen molar-refractivity contribution in [1.82, 2.24) is 0 Å². The zero-order valence-electron chi connectivity index (χ0n) is 13.1. The van der Waals surface area contributed by atoms with Crippen molar-refractivity contribution >= 4 is 23.3 Å².